The molecule has 0 spiro atoms. The van der Waals surface area contributed by atoms with Gasteiger partial charge in [-0.3, -0.25) is 9.69 Å². The third-order valence-corrected chi connectivity index (χ3v) is 7.44. The number of rotatable bonds is 5. The molecular formula is C23H34N2O. The Hall–Kier alpha value is -1.35. The number of fused-ring (bicyclic) bond motifs is 2. The Bertz CT molecular complexity index is 635. The van der Waals surface area contributed by atoms with Crippen molar-refractivity contribution >= 4 is 5.91 Å². The van der Waals surface area contributed by atoms with Gasteiger partial charge in [0.25, 0.3) is 0 Å². The van der Waals surface area contributed by atoms with E-state index in [1.165, 1.54) is 31.2 Å². The molecular weight excluding hydrogens is 320 g/mol. The molecule has 3 aliphatic rings. The highest BCUT2D eigenvalue weighted by Crippen LogP contribution is 2.44. The highest BCUT2D eigenvalue weighted by atomic mass is 16.2. The fourth-order valence-corrected chi connectivity index (χ4v) is 5.86. The number of carbonyl (C=O) groups is 1. The van der Waals surface area contributed by atoms with Crippen LogP contribution in [-0.4, -0.2) is 40.9 Å². The molecule has 1 unspecified atom stereocenters. The second kappa shape index (κ2) is 6.99. The molecule has 26 heavy (non-hydrogen) atoms. The Morgan fingerprint density at radius 1 is 1.12 bits per heavy atom. The number of carbonyl (C=O) groups excluding carboxylic acids is 1. The lowest BCUT2D eigenvalue weighted by Crippen LogP contribution is -2.53. The molecule has 1 saturated carbocycles. The van der Waals surface area contributed by atoms with E-state index in [9.17, 15) is 4.79 Å². The van der Waals surface area contributed by atoms with Gasteiger partial charge in [-0.1, -0.05) is 63.9 Å². The Morgan fingerprint density at radius 2 is 1.81 bits per heavy atom. The summed E-state index contributed by atoms with van der Waals surface area (Å²) < 4.78 is 0. The van der Waals surface area contributed by atoms with E-state index < -0.39 is 0 Å². The number of nitrogens with zero attached hydrogens (tertiary/aromatic N) is 2. The number of piperazine rings is 1. The van der Waals surface area contributed by atoms with Crippen LogP contribution >= 0.6 is 0 Å². The maximum Gasteiger partial charge on any atom is 0.228 e. The fourth-order valence-electron chi connectivity index (χ4n) is 5.86. The van der Waals surface area contributed by atoms with Crippen LogP contribution in [0.15, 0.2) is 30.3 Å². The lowest BCUT2D eigenvalue weighted by Gasteiger charge is -2.42. The normalized spacial score (nSPS) is 28.0. The van der Waals surface area contributed by atoms with E-state index in [1.807, 2.05) is 0 Å². The monoisotopic (exact) mass is 354 g/mol. The van der Waals surface area contributed by atoms with Crippen molar-refractivity contribution < 1.29 is 4.79 Å². The number of benzene rings is 1. The molecule has 1 aromatic rings. The molecule has 3 heteroatoms. The minimum Gasteiger partial charge on any atom is -0.336 e. The van der Waals surface area contributed by atoms with Gasteiger partial charge >= 0.3 is 0 Å². The summed E-state index contributed by atoms with van der Waals surface area (Å²) in [6.07, 6.45) is 7.37. The van der Waals surface area contributed by atoms with Crippen LogP contribution in [0.2, 0.25) is 0 Å². The average Bonchev–Trinajstić information content (AvgIpc) is 3.39. The van der Waals surface area contributed by atoms with Gasteiger partial charge in [-0.05, 0) is 37.2 Å². The molecule has 1 amide bonds. The Kier molecular flexibility index (Phi) is 4.85. The average molecular weight is 355 g/mol. The summed E-state index contributed by atoms with van der Waals surface area (Å²) in [5.74, 6) is 1.00. The second-order valence-electron chi connectivity index (χ2n) is 9.24. The third kappa shape index (κ3) is 2.98. The van der Waals surface area contributed by atoms with E-state index in [0.717, 1.165) is 25.9 Å². The molecule has 142 valence electrons. The second-order valence-corrected chi connectivity index (χ2v) is 9.24. The van der Waals surface area contributed by atoms with Gasteiger partial charge in [0.15, 0.2) is 0 Å². The van der Waals surface area contributed by atoms with E-state index in [-0.39, 0.29) is 5.41 Å². The van der Waals surface area contributed by atoms with Crippen LogP contribution in [0, 0.1) is 11.3 Å². The first-order valence-corrected chi connectivity index (χ1v) is 10.6. The van der Waals surface area contributed by atoms with Crippen molar-refractivity contribution in [2.45, 2.75) is 77.4 Å². The first-order chi connectivity index (χ1) is 12.5. The molecule has 2 bridgehead atoms. The molecule has 1 aromatic carbocycles. The maximum atomic E-state index is 13.4. The summed E-state index contributed by atoms with van der Waals surface area (Å²) in [5, 5.41) is 0. The Labute approximate surface area is 158 Å². The first kappa shape index (κ1) is 18.0. The number of amides is 1. The lowest BCUT2D eigenvalue weighted by molar-refractivity contribution is -0.146. The minimum absolute atomic E-state index is 0.185. The predicted octanol–water partition coefficient (Wildman–Crippen LogP) is 4.64. The summed E-state index contributed by atoms with van der Waals surface area (Å²) in [7, 11) is 0. The Balaban J connectivity index is 1.45. The molecule has 0 aromatic heterocycles. The van der Waals surface area contributed by atoms with Crippen LogP contribution in [0.3, 0.4) is 0 Å². The first-order valence-electron chi connectivity index (χ1n) is 10.6. The standard InChI is InChI=1S/C23H34N2O/c1-4-21(17-10-6-5-7-11-17)24-15-20-14-19(24)16-25(20)22(26)23(2,3)18-12-8-9-13-18/h5-7,10-11,18-21H,4,8-9,12-16H2,1-3H3/t19-,20-,21?/m0/s1. The molecule has 2 saturated heterocycles. The zero-order valence-corrected chi connectivity index (χ0v) is 16.7. The smallest absolute Gasteiger partial charge is 0.228 e. The Morgan fingerprint density at radius 3 is 2.38 bits per heavy atom. The van der Waals surface area contributed by atoms with Gasteiger partial charge in [-0.15, -0.1) is 0 Å². The van der Waals surface area contributed by atoms with Crippen LogP contribution < -0.4 is 0 Å². The molecule has 4 rings (SSSR count). The molecule has 3 fully saturated rings. The topological polar surface area (TPSA) is 23.6 Å². The summed E-state index contributed by atoms with van der Waals surface area (Å²) in [6, 6.07) is 12.3. The van der Waals surface area contributed by atoms with Crippen molar-refractivity contribution in [3.63, 3.8) is 0 Å². The van der Waals surface area contributed by atoms with Gasteiger partial charge in [-0.25, -0.2) is 0 Å². The molecule has 0 radical (unpaired) electrons. The van der Waals surface area contributed by atoms with Gasteiger partial charge in [-0.2, -0.15) is 0 Å². The third-order valence-electron chi connectivity index (χ3n) is 7.44. The van der Waals surface area contributed by atoms with Gasteiger partial charge in [0.05, 0.1) is 0 Å². The zero-order valence-electron chi connectivity index (χ0n) is 16.7. The number of likely N-dealkylation sites (tertiary alicyclic amines) is 2. The predicted molar refractivity (Wildman–Crippen MR) is 106 cm³/mol. The SMILES string of the molecule is CCC(c1ccccc1)N1C[C@@H]2C[C@H]1CN2C(=O)C(C)(C)C1CCCC1. The molecule has 2 heterocycles. The van der Waals surface area contributed by atoms with Crippen LogP contribution in [0.5, 0.6) is 0 Å². The van der Waals surface area contributed by atoms with E-state index in [1.54, 1.807) is 0 Å². The van der Waals surface area contributed by atoms with Crippen molar-refractivity contribution in [3.05, 3.63) is 35.9 Å². The summed E-state index contributed by atoms with van der Waals surface area (Å²) in [5.41, 5.74) is 1.24. The van der Waals surface area contributed by atoms with Crippen molar-refractivity contribution in [2.75, 3.05) is 13.1 Å². The fraction of sp³-hybridized carbons (Fsp3) is 0.696. The quantitative estimate of drug-likeness (QED) is 0.769. The van der Waals surface area contributed by atoms with E-state index in [0.29, 0.717) is 30.0 Å². The van der Waals surface area contributed by atoms with E-state index in [2.05, 4.69) is 60.9 Å². The van der Waals surface area contributed by atoms with Crippen molar-refractivity contribution in [1.29, 1.82) is 0 Å². The van der Waals surface area contributed by atoms with Gasteiger partial charge in [0.2, 0.25) is 5.91 Å². The summed E-state index contributed by atoms with van der Waals surface area (Å²) in [6.45, 7) is 8.67. The van der Waals surface area contributed by atoms with Gasteiger partial charge < -0.3 is 4.90 Å². The van der Waals surface area contributed by atoms with Crippen LogP contribution in [0.1, 0.15) is 70.9 Å². The van der Waals surface area contributed by atoms with Crippen molar-refractivity contribution in [3.8, 4) is 0 Å². The molecule has 3 atom stereocenters. The highest BCUT2D eigenvalue weighted by molar-refractivity contribution is 5.83. The van der Waals surface area contributed by atoms with Crippen molar-refractivity contribution in [2.24, 2.45) is 11.3 Å². The van der Waals surface area contributed by atoms with E-state index >= 15 is 0 Å². The molecule has 3 nitrogen and oxygen atoms in total. The summed E-state index contributed by atoms with van der Waals surface area (Å²) >= 11 is 0. The molecule has 1 aliphatic carbocycles. The maximum absolute atomic E-state index is 13.4. The molecule has 0 N–H and O–H groups in total. The van der Waals surface area contributed by atoms with Crippen LogP contribution in [0.4, 0.5) is 0 Å². The van der Waals surface area contributed by atoms with Gasteiger partial charge in [0.1, 0.15) is 0 Å². The number of hydrogen-bond acceptors (Lipinski definition) is 2. The van der Waals surface area contributed by atoms with E-state index in [4.69, 9.17) is 0 Å². The van der Waals surface area contributed by atoms with Crippen molar-refractivity contribution in [1.82, 2.24) is 9.80 Å². The van der Waals surface area contributed by atoms with Gasteiger partial charge in [0, 0.05) is 36.6 Å². The number of hydrogen-bond donors (Lipinski definition) is 0. The van der Waals surface area contributed by atoms with Crippen LogP contribution in [0.25, 0.3) is 0 Å². The molecule has 2 aliphatic heterocycles. The zero-order chi connectivity index (χ0) is 18.3. The van der Waals surface area contributed by atoms with Crippen LogP contribution in [-0.2, 0) is 4.79 Å². The largest absolute Gasteiger partial charge is 0.336 e. The minimum atomic E-state index is -0.185. The lowest BCUT2D eigenvalue weighted by atomic mass is 9.76. The highest BCUT2D eigenvalue weighted by Gasteiger charge is 2.51. The summed E-state index contributed by atoms with van der Waals surface area (Å²) in [4.78, 5) is 18.3.